The Hall–Kier alpha value is -2.20. The summed E-state index contributed by atoms with van der Waals surface area (Å²) in [7, 11) is -3.49. The Bertz CT molecular complexity index is 982. The molecule has 30 heavy (non-hydrogen) atoms. The normalized spacial score (nSPS) is 16.1. The summed E-state index contributed by atoms with van der Waals surface area (Å²) in [5.74, 6) is -0.183. The lowest BCUT2D eigenvalue weighted by molar-refractivity contribution is -0.895. The number of sulfonamides is 1. The minimum absolute atomic E-state index is 0.183. The van der Waals surface area contributed by atoms with E-state index in [9.17, 15) is 13.2 Å². The Morgan fingerprint density at radius 2 is 1.77 bits per heavy atom. The lowest BCUT2D eigenvalue weighted by Crippen LogP contribution is -3.15. The molecule has 1 aliphatic heterocycles. The van der Waals surface area contributed by atoms with E-state index in [-0.39, 0.29) is 12.5 Å². The molecule has 0 spiro atoms. The summed E-state index contributed by atoms with van der Waals surface area (Å²) in [6, 6.07) is 14.8. The van der Waals surface area contributed by atoms with Crippen molar-refractivity contribution in [1.29, 1.82) is 0 Å². The van der Waals surface area contributed by atoms with Gasteiger partial charge in [0.25, 0.3) is 5.91 Å². The minimum atomic E-state index is -3.49. The molecule has 1 fully saturated rings. The van der Waals surface area contributed by atoms with E-state index >= 15 is 0 Å². The van der Waals surface area contributed by atoms with Gasteiger partial charge >= 0.3 is 0 Å². The van der Waals surface area contributed by atoms with E-state index in [1.807, 2.05) is 37.4 Å². The third-order valence-corrected chi connectivity index (χ3v) is 7.67. The van der Waals surface area contributed by atoms with Gasteiger partial charge in [0.1, 0.15) is 0 Å². The number of nitrogens with zero attached hydrogens (tertiary/aromatic N) is 2. The van der Waals surface area contributed by atoms with E-state index in [2.05, 4.69) is 10.5 Å². The van der Waals surface area contributed by atoms with E-state index in [1.54, 1.807) is 42.2 Å². The first-order valence-electron chi connectivity index (χ1n) is 9.75. The van der Waals surface area contributed by atoms with Crippen LogP contribution in [0.3, 0.4) is 0 Å². The van der Waals surface area contributed by atoms with Gasteiger partial charge in [0.15, 0.2) is 6.54 Å². The molecule has 0 unspecified atom stereocenters. The van der Waals surface area contributed by atoms with E-state index in [0.717, 1.165) is 16.0 Å². The Morgan fingerprint density at radius 3 is 2.37 bits per heavy atom. The molecule has 0 radical (unpaired) electrons. The minimum Gasteiger partial charge on any atom is -0.325 e. The standard InChI is InChI=1S/C21H26N4O3S2/c1-17-3-9-20(10-4-17)30(27,28)25-13-11-24(12-14-25)16-21(26)23-22-15-18-5-7-19(29-2)8-6-18/h3-10,15H,11-14,16H2,1-2H3,(H,23,26)/p+1/b22-15+. The lowest BCUT2D eigenvalue weighted by Gasteiger charge is -2.31. The van der Waals surface area contributed by atoms with Crippen LogP contribution in [0.4, 0.5) is 0 Å². The number of thioether (sulfide) groups is 1. The highest BCUT2D eigenvalue weighted by atomic mass is 32.2. The molecular weight excluding hydrogens is 420 g/mol. The largest absolute Gasteiger partial charge is 0.325 e. The Kier molecular flexibility index (Phi) is 7.65. The van der Waals surface area contributed by atoms with Gasteiger partial charge < -0.3 is 4.90 Å². The molecule has 0 atom stereocenters. The van der Waals surface area contributed by atoms with Gasteiger partial charge in [0.05, 0.1) is 37.3 Å². The number of aryl methyl sites for hydroxylation is 1. The fourth-order valence-electron chi connectivity index (χ4n) is 3.21. The second-order valence-corrected chi connectivity index (χ2v) is 10.0. The number of hydrazone groups is 1. The van der Waals surface area contributed by atoms with Crippen molar-refractivity contribution >= 4 is 33.9 Å². The van der Waals surface area contributed by atoms with Crippen molar-refractivity contribution in [1.82, 2.24) is 9.73 Å². The van der Waals surface area contributed by atoms with Crippen LogP contribution in [0.25, 0.3) is 0 Å². The van der Waals surface area contributed by atoms with Gasteiger partial charge in [-0.05, 0) is 43.0 Å². The molecule has 1 amide bonds. The summed E-state index contributed by atoms with van der Waals surface area (Å²) in [6.45, 7) is 4.14. The molecule has 160 valence electrons. The van der Waals surface area contributed by atoms with Crippen LogP contribution >= 0.6 is 11.8 Å². The van der Waals surface area contributed by atoms with Crippen LogP contribution in [0.2, 0.25) is 0 Å². The SMILES string of the molecule is CSc1ccc(/C=N/NC(=O)C[NH+]2CCN(S(=O)(=O)c3ccc(C)cc3)CC2)cc1. The van der Waals surface area contributed by atoms with E-state index in [4.69, 9.17) is 0 Å². The number of nitrogens with one attached hydrogen (secondary N) is 2. The maximum atomic E-state index is 12.8. The summed E-state index contributed by atoms with van der Waals surface area (Å²) in [4.78, 5) is 14.7. The van der Waals surface area contributed by atoms with Gasteiger partial charge in [0.2, 0.25) is 10.0 Å². The first-order chi connectivity index (χ1) is 14.4. The van der Waals surface area contributed by atoms with Crippen molar-refractivity contribution in [2.45, 2.75) is 16.7 Å². The van der Waals surface area contributed by atoms with Crippen molar-refractivity contribution in [2.75, 3.05) is 39.0 Å². The highest BCUT2D eigenvalue weighted by molar-refractivity contribution is 7.98. The Morgan fingerprint density at radius 1 is 1.13 bits per heavy atom. The zero-order valence-corrected chi connectivity index (χ0v) is 18.8. The smallest absolute Gasteiger partial charge is 0.295 e. The second-order valence-electron chi connectivity index (χ2n) is 7.21. The summed E-state index contributed by atoms with van der Waals surface area (Å²) in [5, 5.41) is 4.01. The topological polar surface area (TPSA) is 83.3 Å². The second kappa shape index (κ2) is 10.2. The van der Waals surface area contributed by atoms with E-state index in [0.29, 0.717) is 31.1 Å². The van der Waals surface area contributed by atoms with Crippen molar-refractivity contribution in [3.63, 3.8) is 0 Å². The number of piperazine rings is 1. The summed E-state index contributed by atoms with van der Waals surface area (Å²) in [5.41, 5.74) is 4.49. The van der Waals surface area contributed by atoms with Crippen LogP contribution in [0.5, 0.6) is 0 Å². The average molecular weight is 448 g/mol. The van der Waals surface area contributed by atoms with Gasteiger partial charge in [-0.25, -0.2) is 13.8 Å². The highest BCUT2D eigenvalue weighted by Crippen LogP contribution is 2.16. The number of hydrogen-bond acceptors (Lipinski definition) is 5. The van der Waals surface area contributed by atoms with Gasteiger partial charge in [-0.3, -0.25) is 4.79 Å². The highest BCUT2D eigenvalue weighted by Gasteiger charge is 2.31. The molecular formula is C21H27N4O3S2+. The van der Waals surface area contributed by atoms with Crippen LogP contribution in [0, 0.1) is 6.92 Å². The molecule has 2 aromatic carbocycles. The quantitative estimate of drug-likeness (QED) is 0.373. The first-order valence-corrected chi connectivity index (χ1v) is 12.4. The predicted molar refractivity (Wildman–Crippen MR) is 119 cm³/mol. The van der Waals surface area contributed by atoms with Crippen LogP contribution in [0.15, 0.2) is 63.4 Å². The molecule has 1 saturated heterocycles. The number of carbonyl (C=O) groups is 1. The Labute approximate surface area is 182 Å². The molecule has 2 N–H and O–H groups in total. The summed E-state index contributed by atoms with van der Waals surface area (Å²) in [6.07, 6.45) is 3.63. The van der Waals surface area contributed by atoms with Gasteiger partial charge in [-0.1, -0.05) is 29.8 Å². The van der Waals surface area contributed by atoms with Gasteiger partial charge in [-0.2, -0.15) is 9.41 Å². The molecule has 1 heterocycles. The van der Waals surface area contributed by atoms with Crippen LogP contribution in [-0.4, -0.2) is 63.8 Å². The number of quaternary nitrogens is 1. The third kappa shape index (κ3) is 5.91. The summed E-state index contributed by atoms with van der Waals surface area (Å²) < 4.78 is 27.0. The molecule has 0 aromatic heterocycles. The van der Waals surface area contributed by atoms with Crippen molar-refractivity contribution in [3.8, 4) is 0 Å². The van der Waals surface area contributed by atoms with E-state index < -0.39 is 10.0 Å². The first kappa shape index (κ1) is 22.5. The number of amides is 1. The van der Waals surface area contributed by atoms with E-state index in [1.165, 1.54) is 9.20 Å². The fourth-order valence-corrected chi connectivity index (χ4v) is 5.06. The van der Waals surface area contributed by atoms with Crippen molar-refractivity contribution < 1.29 is 18.1 Å². The molecule has 0 saturated carbocycles. The van der Waals surface area contributed by atoms with Gasteiger partial charge in [0, 0.05) is 4.90 Å². The zero-order chi connectivity index (χ0) is 21.6. The van der Waals surface area contributed by atoms with Crippen LogP contribution < -0.4 is 10.3 Å². The van der Waals surface area contributed by atoms with Gasteiger partial charge in [-0.15, -0.1) is 11.8 Å². The molecule has 7 nitrogen and oxygen atoms in total. The molecule has 3 rings (SSSR count). The van der Waals surface area contributed by atoms with Crippen LogP contribution in [-0.2, 0) is 14.8 Å². The predicted octanol–water partition coefficient (Wildman–Crippen LogP) is 0.756. The van der Waals surface area contributed by atoms with Crippen molar-refractivity contribution in [3.05, 3.63) is 59.7 Å². The average Bonchev–Trinajstić information content (AvgIpc) is 2.75. The zero-order valence-electron chi connectivity index (χ0n) is 17.2. The number of carbonyl (C=O) groups excluding carboxylic acids is 1. The number of rotatable bonds is 7. The van der Waals surface area contributed by atoms with Crippen LogP contribution in [0.1, 0.15) is 11.1 Å². The van der Waals surface area contributed by atoms with Crippen molar-refractivity contribution in [2.24, 2.45) is 5.10 Å². The number of benzene rings is 2. The monoisotopic (exact) mass is 447 g/mol. The molecule has 1 aliphatic rings. The molecule has 0 bridgehead atoms. The third-order valence-electron chi connectivity index (χ3n) is 5.02. The fraction of sp³-hybridized carbons (Fsp3) is 0.333. The molecule has 9 heteroatoms. The molecule has 2 aromatic rings. The maximum absolute atomic E-state index is 12.8. The number of hydrogen-bond donors (Lipinski definition) is 2. The summed E-state index contributed by atoms with van der Waals surface area (Å²) >= 11 is 1.67. The maximum Gasteiger partial charge on any atom is 0.295 e. The molecule has 0 aliphatic carbocycles. The lowest BCUT2D eigenvalue weighted by atomic mass is 10.2. The Balaban J connectivity index is 1.46.